The monoisotopic (exact) mass is 961 g/mol. The normalized spacial score (nSPS) is 19.4. The largest absolute Gasteiger partial charge is 0.462 e. The minimum absolute atomic E-state index is 0.159. The molecule has 1 aliphatic heterocycles. The molecule has 1 fully saturated rings. The Morgan fingerprint density at radius 2 is 0.864 bits per heavy atom. The fraction of sp³-hybridized carbons (Fsp3) is 0.925. The van der Waals surface area contributed by atoms with Crippen LogP contribution in [0.3, 0.4) is 0 Å². The zero-order valence-electron chi connectivity index (χ0n) is 42.1. The van der Waals surface area contributed by atoms with Crippen LogP contribution in [0, 0.1) is 0 Å². The number of aliphatic hydroxyl groups excluding tert-OH is 3. The van der Waals surface area contributed by atoms with Crippen LogP contribution in [0.4, 0.5) is 0 Å². The summed E-state index contributed by atoms with van der Waals surface area (Å²) in [5.41, 5.74) is 0. The standard InChI is InChI=1S/C53H100O12S/c1-3-5-7-9-11-13-15-17-19-21-22-23-24-25-26-28-29-31-33-35-37-39-41-48(54)62-43-46(44-63-53-52(58)51(57)50(56)47(65-53)45-66(59,60)61)64-49(55)42-40-38-36-34-32-30-27-20-18-16-14-12-10-8-6-4-2/h20,27,46-47,50-53,56-58H,3-19,21-26,28-45H2,1-2H3,(H,59,60,61)/b27-20-. The van der Waals surface area contributed by atoms with Gasteiger partial charge in [0.05, 0.1) is 6.61 Å². The van der Waals surface area contributed by atoms with Crippen LogP contribution in [0.15, 0.2) is 12.2 Å². The third kappa shape index (κ3) is 37.3. The molecule has 6 unspecified atom stereocenters. The molecule has 1 aliphatic rings. The van der Waals surface area contributed by atoms with E-state index < -0.39 is 71.2 Å². The highest BCUT2D eigenvalue weighted by molar-refractivity contribution is 7.85. The third-order valence-corrected chi connectivity index (χ3v) is 13.6. The van der Waals surface area contributed by atoms with Crippen LogP contribution in [-0.4, -0.2) is 96.0 Å². The molecule has 390 valence electrons. The Bertz CT molecular complexity index is 1260. The summed E-state index contributed by atoms with van der Waals surface area (Å²) in [6.07, 6.45) is 39.7. The molecule has 66 heavy (non-hydrogen) atoms. The molecular weight excluding hydrogens is 861 g/mol. The first kappa shape index (κ1) is 62.4. The summed E-state index contributed by atoms with van der Waals surface area (Å²) in [5.74, 6) is -1.97. The lowest BCUT2D eigenvalue weighted by molar-refractivity contribution is -0.297. The number of esters is 2. The molecule has 12 nitrogen and oxygen atoms in total. The van der Waals surface area contributed by atoms with Gasteiger partial charge in [-0.3, -0.25) is 14.1 Å². The molecule has 0 spiro atoms. The number of unbranched alkanes of at least 4 members (excludes halogenated alkanes) is 33. The van der Waals surface area contributed by atoms with E-state index in [9.17, 15) is 37.9 Å². The Morgan fingerprint density at radius 1 is 0.500 bits per heavy atom. The third-order valence-electron chi connectivity index (χ3n) is 12.8. The molecule has 1 heterocycles. The SMILES string of the molecule is CCCCCCCCC/C=C\CCCCCCCC(=O)OC(COC(=O)CCCCCCCCCCCCCCCCCCCCCCCC)COC1OC(CS(=O)(=O)O)C(O)C(O)C1O. The second-order valence-corrected chi connectivity index (χ2v) is 20.8. The Balaban J connectivity index is 2.32. The minimum Gasteiger partial charge on any atom is -0.462 e. The quantitative estimate of drug-likeness (QED) is 0.0196. The number of aliphatic hydroxyl groups is 3. The second kappa shape index (κ2) is 43.4. The highest BCUT2D eigenvalue weighted by atomic mass is 32.2. The first-order valence-electron chi connectivity index (χ1n) is 27.2. The van der Waals surface area contributed by atoms with E-state index >= 15 is 0 Å². The van der Waals surface area contributed by atoms with Crippen LogP contribution >= 0.6 is 0 Å². The highest BCUT2D eigenvalue weighted by Gasteiger charge is 2.46. The number of hydrogen-bond donors (Lipinski definition) is 4. The van der Waals surface area contributed by atoms with Crippen LogP contribution in [-0.2, 0) is 38.7 Å². The Kier molecular flexibility index (Phi) is 41.0. The smallest absolute Gasteiger partial charge is 0.306 e. The van der Waals surface area contributed by atoms with Gasteiger partial charge in [0.25, 0.3) is 10.1 Å². The topological polar surface area (TPSA) is 186 Å². The van der Waals surface area contributed by atoms with Gasteiger partial charge >= 0.3 is 11.9 Å². The van der Waals surface area contributed by atoms with Gasteiger partial charge in [-0.1, -0.05) is 219 Å². The molecule has 0 aromatic carbocycles. The summed E-state index contributed by atoms with van der Waals surface area (Å²) in [6.45, 7) is 3.80. The highest BCUT2D eigenvalue weighted by Crippen LogP contribution is 2.24. The molecule has 13 heteroatoms. The Hall–Kier alpha value is -1.61. The summed E-state index contributed by atoms with van der Waals surface area (Å²) in [4.78, 5) is 25.5. The van der Waals surface area contributed by atoms with Crippen molar-refractivity contribution in [3.63, 3.8) is 0 Å². The molecule has 1 saturated heterocycles. The van der Waals surface area contributed by atoms with Crippen molar-refractivity contribution in [3.8, 4) is 0 Å². The van der Waals surface area contributed by atoms with E-state index in [2.05, 4.69) is 26.0 Å². The van der Waals surface area contributed by atoms with Gasteiger partial charge in [0.15, 0.2) is 12.4 Å². The van der Waals surface area contributed by atoms with Crippen molar-refractivity contribution in [3.05, 3.63) is 12.2 Å². The van der Waals surface area contributed by atoms with Gasteiger partial charge in [0, 0.05) is 12.8 Å². The molecule has 1 rings (SSSR count). The number of allylic oxidation sites excluding steroid dienone is 2. The summed E-state index contributed by atoms with van der Waals surface area (Å²) >= 11 is 0. The van der Waals surface area contributed by atoms with Gasteiger partial charge in [-0.05, 0) is 38.5 Å². The van der Waals surface area contributed by atoms with Gasteiger partial charge in [-0.25, -0.2) is 0 Å². The van der Waals surface area contributed by atoms with Crippen LogP contribution in [0.5, 0.6) is 0 Å². The Morgan fingerprint density at radius 3 is 1.26 bits per heavy atom. The summed E-state index contributed by atoms with van der Waals surface area (Å²) in [7, 11) is -4.60. The number of carbonyl (C=O) groups is 2. The van der Waals surface area contributed by atoms with Gasteiger partial charge < -0.3 is 34.3 Å². The lowest BCUT2D eigenvalue weighted by Gasteiger charge is -2.40. The first-order valence-corrected chi connectivity index (χ1v) is 28.9. The molecule has 0 aliphatic carbocycles. The van der Waals surface area contributed by atoms with E-state index in [1.54, 1.807) is 0 Å². The van der Waals surface area contributed by atoms with Crippen molar-refractivity contribution in [2.45, 2.75) is 295 Å². The van der Waals surface area contributed by atoms with Crippen molar-refractivity contribution in [2.24, 2.45) is 0 Å². The maximum atomic E-state index is 12.9. The van der Waals surface area contributed by atoms with Gasteiger partial charge in [0.1, 0.15) is 36.8 Å². The van der Waals surface area contributed by atoms with Gasteiger partial charge in [-0.15, -0.1) is 0 Å². The van der Waals surface area contributed by atoms with Crippen LogP contribution < -0.4 is 0 Å². The van der Waals surface area contributed by atoms with Crippen molar-refractivity contribution in [1.82, 2.24) is 0 Å². The molecule has 0 radical (unpaired) electrons. The number of carbonyl (C=O) groups excluding carboxylic acids is 2. The molecule has 0 amide bonds. The van der Waals surface area contributed by atoms with E-state index in [4.69, 9.17) is 18.9 Å². The van der Waals surface area contributed by atoms with Crippen LogP contribution in [0.1, 0.15) is 258 Å². The Labute approximate surface area is 403 Å². The molecule has 0 saturated carbocycles. The first-order chi connectivity index (χ1) is 32.0. The molecule has 0 aromatic heterocycles. The van der Waals surface area contributed by atoms with Crippen LogP contribution in [0.25, 0.3) is 0 Å². The van der Waals surface area contributed by atoms with Gasteiger partial charge in [0.2, 0.25) is 0 Å². The van der Waals surface area contributed by atoms with E-state index in [0.29, 0.717) is 12.8 Å². The van der Waals surface area contributed by atoms with E-state index in [1.165, 1.54) is 161 Å². The maximum absolute atomic E-state index is 12.9. The van der Waals surface area contributed by atoms with Crippen molar-refractivity contribution in [1.29, 1.82) is 0 Å². The summed E-state index contributed by atoms with van der Waals surface area (Å²) in [5, 5.41) is 31.0. The fourth-order valence-electron chi connectivity index (χ4n) is 8.62. The predicted molar refractivity (Wildman–Crippen MR) is 266 cm³/mol. The zero-order valence-corrected chi connectivity index (χ0v) is 42.9. The molecule has 0 bridgehead atoms. The van der Waals surface area contributed by atoms with Crippen molar-refractivity contribution < 1.29 is 56.8 Å². The predicted octanol–water partition coefficient (Wildman–Crippen LogP) is 12.6. The molecule has 4 N–H and O–H groups in total. The minimum atomic E-state index is -4.60. The number of hydrogen-bond acceptors (Lipinski definition) is 11. The lowest BCUT2D eigenvalue weighted by atomic mass is 10.00. The zero-order chi connectivity index (χ0) is 48.4. The van der Waals surface area contributed by atoms with E-state index in [0.717, 1.165) is 57.8 Å². The number of ether oxygens (including phenoxy) is 4. The average molecular weight is 961 g/mol. The molecule has 6 atom stereocenters. The second-order valence-electron chi connectivity index (χ2n) is 19.3. The van der Waals surface area contributed by atoms with Gasteiger partial charge in [-0.2, -0.15) is 8.42 Å². The van der Waals surface area contributed by atoms with E-state index in [1.807, 2.05) is 0 Å². The molecule has 0 aromatic rings. The summed E-state index contributed by atoms with van der Waals surface area (Å²) < 4.78 is 54.3. The number of rotatable bonds is 47. The maximum Gasteiger partial charge on any atom is 0.306 e. The van der Waals surface area contributed by atoms with Crippen LogP contribution in [0.2, 0.25) is 0 Å². The summed E-state index contributed by atoms with van der Waals surface area (Å²) in [6, 6.07) is 0. The van der Waals surface area contributed by atoms with Crippen molar-refractivity contribution in [2.75, 3.05) is 19.0 Å². The fourth-order valence-corrected chi connectivity index (χ4v) is 9.31. The molecular formula is C53H100O12S. The average Bonchev–Trinajstić information content (AvgIpc) is 3.28. The van der Waals surface area contributed by atoms with Crippen molar-refractivity contribution >= 4 is 22.1 Å². The van der Waals surface area contributed by atoms with E-state index in [-0.39, 0.29) is 19.4 Å². The lowest BCUT2D eigenvalue weighted by Crippen LogP contribution is -2.60.